The van der Waals surface area contributed by atoms with Gasteiger partial charge < -0.3 is 9.72 Å². The van der Waals surface area contributed by atoms with Crippen LogP contribution in [0, 0.1) is 11.7 Å². The van der Waals surface area contributed by atoms with E-state index in [0.717, 1.165) is 11.9 Å². The Labute approximate surface area is 104 Å². The number of nitrogens with one attached hydrogen (secondary N) is 1. The van der Waals surface area contributed by atoms with Gasteiger partial charge in [0.25, 0.3) is 0 Å². The Morgan fingerprint density at radius 2 is 2.33 bits per heavy atom. The summed E-state index contributed by atoms with van der Waals surface area (Å²) in [5, 5.41) is 0.628. The average Bonchev–Trinajstić information content (AvgIpc) is 2.94. The van der Waals surface area contributed by atoms with Gasteiger partial charge in [0.15, 0.2) is 5.78 Å². The summed E-state index contributed by atoms with van der Waals surface area (Å²) in [6.45, 7) is 2.62. The van der Waals surface area contributed by atoms with Crippen LogP contribution in [0.2, 0.25) is 0 Å². The maximum Gasteiger partial charge on any atom is 0.193 e. The predicted octanol–water partition coefficient (Wildman–Crippen LogP) is 2.91. The summed E-state index contributed by atoms with van der Waals surface area (Å²) in [5.41, 5.74) is 1.29. The number of benzene rings is 1. The SMILES string of the molecule is CC1CCOC1C(=O)c1c[nH]c2ccc(F)cc12. The number of ketones is 1. The zero-order valence-electron chi connectivity index (χ0n) is 10.1. The van der Waals surface area contributed by atoms with Gasteiger partial charge in [0.1, 0.15) is 11.9 Å². The molecule has 4 heteroatoms. The first-order valence-corrected chi connectivity index (χ1v) is 6.09. The van der Waals surface area contributed by atoms with E-state index >= 15 is 0 Å². The Morgan fingerprint density at radius 3 is 3.06 bits per heavy atom. The van der Waals surface area contributed by atoms with Crippen LogP contribution in [0.1, 0.15) is 23.7 Å². The van der Waals surface area contributed by atoms with Crippen LogP contribution in [0.25, 0.3) is 10.9 Å². The predicted molar refractivity (Wildman–Crippen MR) is 66.1 cm³/mol. The molecule has 1 saturated heterocycles. The summed E-state index contributed by atoms with van der Waals surface area (Å²) in [5.74, 6) is -0.176. The van der Waals surface area contributed by atoms with Crippen LogP contribution in [0.5, 0.6) is 0 Å². The van der Waals surface area contributed by atoms with Gasteiger partial charge in [-0.3, -0.25) is 4.79 Å². The number of aromatic amines is 1. The summed E-state index contributed by atoms with van der Waals surface area (Å²) in [6.07, 6.45) is 2.14. The lowest BCUT2D eigenvalue weighted by Gasteiger charge is -2.12. The highest BCUT2D eigenvalue weighted by atomic mass is 19.1. The summed E-state index contributed by atoms with van der Waals surface area (Å²) in [7, 11) is 0. The molecule has 1 aromatic heterocycles. The fourth-order valence-corrected chi connectivity index (χ4v) is 2.48. The lowest BCUT2D eigenvalue weighted by Crippen LogP contribution is -2.25. The number of aromatic nitrogens is 1. The minimum atomic E-state index is -0.396. The van der Waals surface area contributed by atoms with Crippen molar-refractivity contribution in [1.82, 2.24) is 4.98 Å². The molecule has 94 valence electrons. The van der Waals surface area contributed by atoms with Gasteiger partial charge >= 0.3 is 0 Å². The van der Waals surface area contributed by atoms with Crippen molar-refractivity contribution in [3.05, 3.63) is 35.8 Å². The van der Waals surface area contributed by atoms with Gasteiger partial charge in [-0.25, -0.2) is 4.39 Å². The first-order valence-electron chi connectivity index (χ1n) is 6.09. The van der Waals surface area contributed by atoms with Crippen molar-refractivity contribution in [3.8, 4) is 0 Å². The number of halogens is 1. The van der Waals surface area contributed by atoms with Crippen LogP contribution in [-0.4, -0.2) is 23.5 Å². The van der Waals surface area contributed by atoms with Crippen LogP contribution in [0.3, 0.4) is 0 Å². The van der Waals surface area contributed by atoms with E-state index in [1.54, 1.807) is 12.3 Å². The van der Waals surface area contributed by atoms with Crippen molar-refractivity contribution in [3.63, 3.8) is 0 Å². The summed E-state index contributed by atoms with van der Waals surface area (Å²) >= 11 is 0. The minimum absolute atomic E-state index is 0.0585. The molecule has 1 aromatic carbocycles. The van der Waals surface area contributed by atoms with Crippen LogP contribution < -0.4 is 0 Å². The topological polar surface area (TPSA) is 42.1 Å². The van der Waals surface area contributed by atoms with Crippen molar-refractivity contribution >= 4 is 16.7 Å². The highest BCUT2D eigenvalue weighted by Crippen LogP contribution is 2.27. The third-order valence-corrected chi connectivity index (χ3v) is 3.56. The van der Waals surface area contributed by atoms with E-state index in [-0.39, 0.29) is 17.5 Å². The standard InChI is InChI=1S/C14H14FNO2/c1-8-4-5-18-14(8)13(17)11-7-16-12-3-2-9(15)6-10(11)12/h2-3,6-8,14,16H,4-5H2,1H3. The Morgan fingerprint density at radius 1 is 1.50 bits per heavy atom. The van der Waals surface area contributed by atoms with Crippen LogP contribution in [-0.2, 0) is 4.74 Å². The maximum absolute atomic E-state index is 13.3. The molecule has 0 amide bonds. The van der Waals surface area contributed by atoms with Crippen LogP contribution >= 0.6 is 0 Å². The first-order chi connectivity index (χ1) is 8.66. The molecule has 1 aliphatic rings. The van der Waals surface area contributed by atoms with E-state index in [1.807, 2.05) is 6.92 Å². The summed E-state index contributed by atoms with van der Waals surface area (Å²) in [6, 6.07) is 4.40. The highest BCUT2D eigenvalue weighted by Gasteiger charge is 2.32. The van der Waals surface area contributed by atoms with Crippen molar-refractivity contribution in [2.45, 2.75) is 19.4 Å². The maximum atomic E-state index is 13.3. The molecule has 0 aliphatic carbocycles. The molecule has 3 rings (SSSR count). The Hall–Kier alpha value is -1.68. The molecule has 3 nitrogen and oxygen atoms in total. The second-order valence-corrected chi connectivity index (χ2v) is 4.81. The number of Topliss-reactive ketones (excluding diaryl/α,β-unsaturated/α-hetero) is 1. The molecule has 18 heavy (non-hydrogen) atoms. The monoisotopic (exact) mass is 247 g/mol. The Bertz CT molecular complexity index is 605. The van der Waals surface area contributed by atoms with E-state index in [1.165, 1.54) is 12.1 Å². The molecule has 0 radical (unpaired) electrons. The molecule has 1 fully saturated rings. The normalized spacial score (nSPS) is 23.7. The Kier molecular flexibility index (Phi) is 2.67. The van der Waals surface area contributed by atoms with Gasteiger partial charge in [0.2, 0.25) is 0 Å². The average molecular weight is 247 g/mol. The number of ether oxygens (including phenoxy) is 1. The molecule has 1 N–H and O–H groups in total. The number of hydrogen-bond acceptors (Lipinski definition) is 2. The molecule has 0 saturated carbocycles. The van der Waals surface area contributed by atoms with Gasteiger partial charge in [-0.05, 0) is 30.5 Å². The molecule has 2 aromatic rings. The van der Waals surface area contributed by atoms with Gasteiger partial charge in [0, 0.05) is 29.3 Å². The van der Waals surface area contributed by atoms with E-state index in [4.69, 9.17) is 4.74 Å². The van der Waals surface area contributed by atoms with Crippen molar-refractivity contribution < 1.29 is 13.9 Å². The molecule has 2 unspecified atom stereocenters. The van der Waals surface area contributed by atoms with Gasteiger partial charge in [-0.2, -0.15) is 0 Å². The summed E-state index contributed by atoms with van der Waals surface area (Å²) < 4.78 is 18.7. The number of hydrogen-bond donors (Lipinski definition) is 1. The van der Waals surface area contributed by atoms with E-state index in [9.17, 15) is 9.18 Å². The third kappa shape index (κ3) is 1.73. The molecule has 0 bridgehead atoms. The lowest BCUT2D eigenvalue weighted by atomic mass is 9.96. The zero-order valence-corrected chi connectivity index (χ0v) is 10.1. The molecule has 1 aliphatic heterocycles. The summed E-state index contributed by atoms with van der Waals surface area (Å²) in [4.78, 5) is 15.4. The smallest absolute Gasteiger partial charge is 0.193 e. The molecule has 2 atom stereocenters. The van der Waals surface area contributed by atoms with Crippen molar-refractivity contribution in [2.24, 2.45) is 5.92 Å². The second kappa shape index (κ2) is 4.21. The zero-order chi connectivity index (χ0) is 12.7. The molecule has 2 heterocycles. The lowest BCUT2D eigenvalue weighted by molar-refractivity contribution is 0.0581. The fraction of sp³-hybridized carbons (Fsp3) is 0.357. The number of carbonyl (C=O) groups is 1. The molecular weight excluding hydrogens is 233 g/mol. The quantitative estimate of drug-likeness (QED) is 0.829. The van der Waals surface area contributed by atoms with E-state index in [2.05, 4.69) is 4.98 Å². The van der Waals surface area contributed by atoms with E-state index in [0.29, 0.717) is 17.6 Å². The number of carbonyl (C=O) groups excluding carboxylic acids is 1. The molecule has 0 spiro atoms. The van der Waals surface area contributed by atoms with E-state index < -0.39 is 6.10 Å². The number of H-pyrrole nitrogens is 1. The van der Waals surface area contributed by atoms with Crippen molar-refractivity contribution in [1.29, 1.82) is 0 Å². The van der Waals surface area contributed by atoms with Crippen LogP contribution in [0.4, 0.5) is 4.39 Å². The largest absolute Gasteiger partial charge is 0.370 e. The molecular formula is C14H14FNO2. The first kappa shape index (κ1) is 11.4. The van der Waals surface area contributed by atoms with Gasteiger partial charge in [-0.1, -0.05) is 6.92 Å². The third-order valence-electron chi connectivity index (χ3n) is 3.56. The second-order valence-electron chi connectivity index (χ2n) is 4.81. The minimum Gasteiger partial charge on any atom is -0.370 e. The van der Waals surface area contributed by atoms with Crippen LogP contribution in [0.15, 0.2) is 24.4 Å². The number of fused-ring (bicyclic) bond motifs is 1. The Balaban J connectivity index is 2.03. The number of rotatable bonds is 2. The van der Waals surface area contributed by atoms with Gasteiger partial charge in [-0.15, -0.1) is 0 Å². The van der Waals surface area contributed by atoms with Crippen molar-refractivity contribution in [2.75, 3.05) is 6.61 Å². The highest BCUT2D eigenvalue weighted by molar-refractivity contribution is 6.10. The fourth-order valence-electron chi connectivity index (χ4n) is 2.48. The van der Waals surface area contributed by atoms with Gasteiger partial charge in [0.05, 0.1) is 0 Å².